The number of nitrogens with one attached hydrogen (secondary N) is 2. The van der Waals surface area contributed by atoms with Gasteiger partial charge in [-0.3, -0.25) is 0 Å². The van der Waals surface area contributed by atoms with Gasteiger partial charge in [0.25, 0.3) is 0 Å². The standard InChI is InChI=1S/C11H22N4O/c1-5-6-12-9(4)10-14-15-11(16-10)13-7-8(2)3/h8-9,12H,5-7H2,1-4H3,(H,13,15). The molecule has 0 aliphatic heterocycles. The van der Waals surface area contributed by atoms with Gasteiger partial charge in [-0.2, -0.15) is 0 Å². The molecule has 0 radical (unpaired) electrons. The highest BCUT2D eigenvalue weighted by molar-refractivity contribution is 5.17. The van der Waals surface area contributed by atoms with E-state index < -0.39 is 0 Å². The van der Waals surface area contributed by atoms with Gasteiger partial charge in [-0.25, -0.2) is 0 Å². The Morgan fingerprint density at radius 3 is 2.62 bits per heavy atom. The third-order valence-electron chi connectivity index (χ3n) is 2.17. The van der Waals surface area contributed by atoms with Gasteiger partial charge in [0.05, 0.1) is 6.04 Å². The Morgan fingerprint density at radius 2 is 2.00 bits per heavy atom. The molecular weight excluding hydrogens is 204 g/mol. The van der Waals surface area contributed by atoms with Gasteiger partial charge >= 0.3 is 6.01 Å². The van der Waals surface area contributed by atoms with E-state index in [1.165, 1.54) is 0 Å². The molecule has 2 N–H and O–H groups in total. The second-order valence-corrected chi connectivity index (χ2v) is 4.40. The minimum Gasteiger partial charge on any atom is -0.406 e. The summed E-state index contributed by atoms with van der Waals surface area (Å²) in [6.07, 6.45) is 1.09. The van der Waals surface area contributed by atoms with Crippen LogP contribution in [0.4, 0.5) is 6.01 Å². The maximum Gasteiger partial charge on any atom is 0.315 e. The molecule has 0 saturated heterocycles. The van der Waals surface area contributed by atoms with E-state index in [2.05, 4.69) is 41.6 Å². The Morgan fingerprint density at radius 1 is 1.25 bits per heavy atom. The molecule has 1 aromatic rings. The van der Waals surface area contributed by atoms with Crippen molar-refractivity contribution in [2.24, 2.45) is 5.92 Å². The molecule has 1 unspecified atom stereocenters. The molecule has 1 atom stereocenters. The molecule has 5 heteroatoms. The summed E-state index contributed by atoms with van der Waals surface area (Å²) in [6.45, 7) is 10.2. The van der Waals surface area contributed by atoms with E-state index in [9.17, 15) is 0 Å². The van der Waals surface area contributed by atoms with Crippen LogP contribution in [0.3, 0.4) is 0 Å². The van der Waals surface area contributed by atoms with Crippen molar-refractivity contribution in [1.29, 1.82) is 0 Å². The number of nitrogens with zero attached hydrogens (tertiary/aromatic N) is 2. The summed E-state index contributed by atoms with van der Waals surface area (Å²) in [7, 11) is 0. The van der Waals surface area contributed by atoms with Gasteiger partial charge in [-0.05, 0) is 25.8 Å². The summed E-state index contributed by atoms with van der Waals surface area (Å²) in [5.41, 5.74) is 0. The molecular formula is C11H22N4O. The fourth-order valence-electron chi connectivity index (χ4n) is 1.22. The third kappa shape index (κ3) is 4.18. The zero-order valence-corrected chi connectivity index (χ0v) is 10.6. The highest BCUT2D eigenvalue weighted by atomic mass is 16.4. The van der Waals surface area contributed by atoms with Crippen LogP contribution in [0.2, 0.25) is 0 Å². The third-order valence-corrected chi connectivity index (χ3v) is 2.17. The van der Waals surface area contributed by atoms with Crippen LogP contribution in [0, 0.1) is 5.92 Å². The van der Waals surface area contributed by atoms with Crippen LogP contribution in [-0.4, -0.2) is 23.3 Å². The van der Waals surface area contributed by atoms with Gasteiger partial charge in [0, 0.05) is 6.54 Å². The summed E-state index contributed by atoms with van der Waals surface area (Å²) in [5, 5.41) is 14.4. The van der Waals surface area contributed by atoms with Crippen LogP contribution < -0.4 is 10.6 Å². The monoisotopic (exact) mass is 226 g/mol. The molecule has 0 saturated carbocycles. The van der Waals surface area contributed by atoms with Gasteiger partial charge in [0.2, 0.25) is 5.89 Å². The Balaban J connectivity index is 2.43. The average Bonchev–Trinajstić information content (AvgIpc) is 2.71. The second-order valence-electron chi connectivity index (χ2n) is 4.40. The topological polar surface area (TPSA) is 63.0 Å². The number of aromatic nitrogens is 2. The summed E-state index contributed by atoms with van der Waals surface area (Å²) in [6, 6.07) is 0.621. The fourth-order valence-corrected chi connectivity index (χ4v) is 1.22. The normalized spacial score (nSPS) is 13.1. The lowest BCUT2D eigenvalue weighted by atomic mass is 10.2. The Labute approximate surface area is 97.0 Å². The molecule has 0 aliphatic carbocycles. The van der Waals surface area contributed by atoms with E-state index >= 15 is 0 Å². The van der Waals surface area contributed by atoms with Crippen molar-refractivity contribution in [3.05, 3.63) is 5.89 Å². The maximum atomic E-state index is 5.50. The van der Waals surface area contributed by atoms with Crippen molar-refractivity contribution in [2.75, 3.05) is 18.4 Å². The average molecular weight is 226 g/mol. The summed E-state index contributed by atoms with van der Waals surface area (Å²) < 4.78 is 5.50. The number of hydrogen-bond acceptors (Lipinski definition) is 5. The van der Waals surface area contributed by atoms with E-state index in [4.69, 9.17) is 4.42 Å². The van der Waals surface area contributed by atoms with Crippen molar-refractivity contribution in [3.8, 4) is 0 Å². The number of hydrogen-bond donors (Lipinski definition) is 2. The van der Waals surface area contributed by atoms with Crippen LogP contribution >= 0.6 is 0 Å². The van der Waals surface area contributed by atoms with E-state index in [1.807, 2.05) is 6.92 Å². The van der Waals surface area contributed by atoms with Crippen LogP contribution in [-0.2, 0) is 0 Å². The fraction of sp³-hybridized carbons (Fsp3) is 0.818. The lowest BCUT2D eigenvalue weighted by Crippen LogP contribution is -2.19. The van der Waals surface area contributed by atoms with Crippen molar-refractivity contribution < 1.29 is 4.42 Å². The molecule has 5 nitrogen and oxygen atoms in total. The molecule has 0 amide bonds. The highest BCUT2D eigenvalue weighted by Crippen LogP contribution is 2.13. The van der Waals surface area contributed by atoms with Crippen molar-refractivity contribution in [2.45, 2.75) is 40.2 Å². The first-order valence-corrected chi connectivity index (χ1v) is 5.94. The van der Waals surface area contributed by atoms with E-state index in [0.717, 1.165) is 19.5 Å². The minimum absolute atomic E-state index is 0.113. The summed E-state index contributed by atoms with van der Waals surface area (Å²) in [5.74, 6) is 1.20. The molecule has 1 rings (SSSR count). The zero-order chi connectivity index (χ0) is 12.0. The van der Waals surface area contributed by atoms with Gasteiger partial charge in [0.15, 0.2) is 0 Å². The second kappa shape index (κ2) is 6.48. The lowest BCUT2D eigenvalue weighted by molar-refractivity contribution is 0.422. The Kier molecular flexibility index (Phi) is 5.25. The van der Waals surface area contributed by atoms with Gasteiger partial charge in [0.1, 0.15) is 0 Å². The van der Waals surface area contributed by atoms with E-state index in [-0.39, 0.29) is 6.04 Å². The molecule has 0 aromatic carbocycles. The van der Waals surface area contributed by atoms with Crippen LogP contribution in [0.5, 0.6) is 0 Å². The number of rotatable bonds is 7. The van der Waals surface area contributed by atoms with Gasteiger partial charge in [-0.15, -0.1) is 5.10 Å². The molecule has 1 aromatic heterocycles. The van der Waals surface area contributed by atoms with Crippen LogP contribution in [0.25, 0.3) is 0 Å². The van der Waals surface area contributed by atoms with Gasteiger partial charge in [-0.1, -0.05) is 25.9 Å². The quantitative estimate of drug-likeness (QED) is 0.746. The maximum absolute atomic E-state index is 5.50. The minimum atomic E-state index is 0.113. The van der Waals surface area contributed by atoms with Crippen LogP contribution in [0.1, 0.15) is 46.0 Å². The smallest absolute Gasteiger partial charge is 0.315 e. The molecule has 0 fully saturated rings. The molecule has 0 aliphatic rings. The highest BCUT2D eigenvalue weighted by Gasteiger charge is 2.12. The molecule has 92 valence electrons. The van der Waals surface area contributed by atoms with E-state index in [1.54, 1.807) is 0 Å². The molecule has 0 bridgehead atoms. The first-order chi connectivity index (χ1) is 7.63. The zero-order valence-electron chi connectivity index (χ0n) is 10.6. The summed E-state index contributed by atoms with van der Waals surface area (Å²) >= 11 is 0. The SMILES string of the molecule is CCCNC(C)c1nnc(NCC(C)C)o1. The first-order valence-electron chi connectivity index (χ1n) is 5.94. The number of anilines is 1. The predicted octanol–water partition coefficient (Wildman–Crippen LogP) is 2.20. The summed E-state index contributed by atoms with van der Waals surface area (Å²) in [4.78, 5) is 0. The van der Waals surface area contributed by atoms with Crippen molar-refractivity contribution >= 4 is 6.01 Å². The van der Waals surface area contributed by atoms with Crippen molar-refractivity contribution in [1.82, 2.24) is 15.5 Å². The van der Waals surface area contributed by atoms with Crippen LogP contribution in [0.15, 0.2) is 4.42 Å². The molecule has 0 spiro atoms. The van der Waals surface area contributed by atoms with E-state index in [0.29, 0.717) is 17.8 Å². The van der Waals surface area contributed by atoms with Gasteiger partial charge < -0.3 is 15.1 Å². The predicted molar refractivity (Wildman–Crippen MR) is 64.3 cm³/mol. The molecule has 1 heterocycles. The van der Waals surface area contributed by atoms with Crippen molar-refractivity contribution in [3.63, 3.8) is 0 Å². The lowest BCUT2D eigenvalue weighted by Gasteiger charge is -2.07. The largest absolute Gasteiger partial charge is 0.406 e. The first kappa shape index (κ1) is 13.0. The Bertz CT molecular complexity index is 298. The Hall–Kier alpha value is -1.10. The molecule has 16 heavy (non-hydrogen) atoms.